The zero-order valence-electron chi connectivity index (χ0n) is 10.1. The van der Waals surface area contributed by atoms with E-state index in [2.05, 4.69) is 24.0 Å². The third-order valence-corrected chi connectivity index (χ3v) is 2.33. The molecule has 4 nitrogen and oxygen atoms in total. The van der Waals surface area contributed by atoms with Gasteiger partial charge in [-0.1, -0.05) is 30.0 Å². The van der Waals surface area contributed by atoms with Gasteiger partial charge in [0.15, 0.2) is 0 Å². The average Bonchev–Trinajstić information content (AvgIpc) is 2.38. The lowest BCUT2D eigenvalue weighted by Crippen LogP contribution is -2.24. The fourth-order valence-corrected chi connectivity index (χ4v) is 1.53. The lowest BCUT2D eigenvalue weighted by Gasteiger charge is -2.16. The summed E-state index contributed by atoms with van der Waals surface area (Å²) in [4.78, 5) is 1.77. The van der Waals surface area contributed by atoms with Gasteiger partial charge in [0.2, 0.25) is 0 Å². The van der Waals surface area contributed by atoms with Crippen LogP contribution < -0.4 is 5.73 Å². The fraction of sp³-hybridized carbons (Fsp3) is 0.286. The Balaban J connectivity index is 2.89. The van der Waals surface area contributed by atoms with Gasteiger partial charge in [-0.2, -0.15) is 10.5 Å². The molecule has 0 amide bonds. The Morgan fingerprint density at radius 3 is 2.39 bits per heavy atom. The van der Waals surface area contributed by atoms with Crippen LogP contribution in [0.3, 0.4) is 0 Å². The van der Waals surface area contributed by atoms with Crippen molar-refractivity contribution in [3.05, 3.63) is 35.4 Å². The van der Waals surface area contributed by atoms with Crippen molar-refractivity contribution in [2.45, 2.75) is 6.54 Å². The second-order valence-electron chi connectivity index (χ2n) is 3.62. The maximum absolute atomic E-state index is 8.71. The van der Waals surface area contributed by atoms with Crippen molar-refractivity contribution in [2.24, 2.45) is 5.73 Å². The topological polar surface area (TPSA) is 76.8 Å². The summed E-state index contributed by atoms with van der Waals surface area (Å²) in [6.45, 7) is 1.31. The molecule has 1 aromatic carbocycles. The van der Waals surface area contributed by atoms with Crippen molar-refractivity contribution < 1.29 is 0 Å². The number of nitriles is 2. The SMILES string of the molecule is N#CCN(CC#N)Cc1ccccc1C#CCN. The molecular weight excluding hydrogens is 224 g/mol. The predicted octanol–water partition coefficient (Wildman–Crippen LogP) is 0.846. The highest BCUT2D eigenvalue weighted by atomic mass is 15.1. The monoisotopic (exact) mass is 238 g/mol. The van der Waals surface area contributed by atoms with Crippen molar-refractivity contribution in [1.29, 1.82) is 10.5 Å². The molecule has 0 spiro atoms. The molecule has 18 heavy (non-hydrogen) atoms. The molecule has 0 heterocycles. The Morgan fingerprint density at radius 2 is 1.78 bits per heavy atom. The largest absolute Gasteiger partial charge is 0.320 e. The molecule has 0 aromatic heterocycles. The van der Waals surface area contributed by atoms with E-state index in [4.69, 9.17) is 16.3 Å². The molecule has 0 saturated heterocycles. The van der Waals surface area contributed by atoms with Gasteiger partial charge in [0.1, 0.15) is 0 Å². The van der Waals surface area contributed by atoms with Gasteiger partial charge in [-0.3, -0.25) is 4.90 Å². The third kappa shape index (κ3) is 4.28. The molecule has 0 unspecified atom stereocenters. The van der Waals surface area contributed by atoms with Crippen LogP contribution >= 0.6 is 0 Å². The van der Waals surface area contributed by atoms with Gasteiger partial charge in [0.05, 0.1) is 31.8 Å². The average molecular weight is 238 g/mol. The summed E-state index contributed by atoms with van der Waals surface area (Å²) in [6, 6.07) is 11.8. The molecular formula is C14H14N4. The van der Waals surface area contributed by atoms with Crippen molar-refractivity contribution in [2.75, 3.05) is 19.6 Å². The molecule has 0 fully saturated rings. The van der Waals surface area contributed by atoms with Crippen LogP contribution in [0.15, 0.2) is 24.3 Å². The molecule has 0 atom stereocenters. The van der Waals surface area contributed by atoms with E-state index < -0.39 is 0 Å². The predicted molar refractivity (Wildman–Crippen MR) is 68.9 cm³/mol. The molecule has 0 bridgehead atoms. The lowest BCUT2D eigenvalue weighted by atomic mass is 10.1. The molecule has 90 valence electrons. The van der Waals surface area contributed by atoms with Crippen molar-refractivity contribution in [1.82, 2.24) is 4.90 Å². The quantitative estimate of drug-likeness (QED) is 0.623. The molecule has 0 aliphatic heterocycles. The summed E-state index contributed by atoms with van der Waals surface area (Å²) in [7, 11) is 0. The van der Waals surface area contributed by atoms with Crippen LogP contribution in [0, 0.1) is 34.5 Å². The number of rotatable bonds is 4. The zero-order valence-corrected chi connectivity index (χ0v) is 10.1. The van der Waals surface area contributed by atoms with Crippen LogP contribution in [0.1, 0.15) is 11.1 Å². The number of nitrogens with zero attached hydrogens (tertiary/aromatic N) is 3. The van der Waals surface area contributed by atoms with Crippen LogP contribution in [-0.2, 0) is 6.54 Å². The summed E-state index contributed by atoms with van der Waals surface area (Å²) in [5, 5.41) is 17.4. The first-order valence-corrected chi connectivity index (χ1v) is 5.55. The zero-order chi connectivity index (χ0) is 13.2. The maximum atomic E-state index is 8.71. The highest BCUT2D eigenvalue weighted by Crippen LogP contribution is 2.10. The van der Waals surface area contributed by atoms with E-state index >= 15 is 0 Å². The van der Waals surface area contributed by atoms with E-state index in [1.165, 1.54) is 0 Å². The number of nitrogens with two attached hydrogens (primary N) is 1. The van der Waals surface area contributed by atoms with Crippen LogP contribution in [0.5, 0.6) is 0 Å². The second kappa shape index (κ2) is 7.87. The van der Waals surface area contributed by atoms with Crippen molar-refractivity contribution in [3.63, 3.8) is 0 Å². The van der Waals surface area contributed by atoms with Gasteiger partial charge in [0.25, 0.3) is 0 Å². The summed E-state index contributed by atoms with van der Waals surface area (Å²) in [5.41, 5.74) is 7.25. The van der Waals surface area contributed by atoms with Gasteiger partial charge < -0.3 is 5.73 Å². The van der Waals surface area contributed by atoms with Crippen molar-refractivity contribution in [3.8, 4) is 24.0 Å². The van der Waals surface area contributed by atoms with E-state index in [1.807, 2.05) is 24.3 Å². The molecule has 1 aromatic rings. The Kier molecular flexibility index (Phi) is 6.01. The van der Waals surface area contributed by atoms with E-state index in [0.717, 1.165) is 11.1 Å². The first kappa shape index (κ1) is 13.7. The maximum Gasteiger partial charge on any atom is 0.0877 e. The standard InChI is InChI=1S/C14H14N4/c15-7-3-6-13-4-1-2-5-14(13)12-18(10-8-16)11-9-17/h1-2,4-5H,7,10-12,15H2. The smallest absolute Gasteiger partial charge is 0.0877 e. The lowest BCUT2D eigenvalue weighted by molar-refractivity contribution is 0.334. The van der Waals surface area contributed by atoms with Crippen molar-refractivity contribution >= 4 is 0 Å². The summed E-state index contributed by atoms with van der Waals surface area (Å²) in [5.74, 6) is 5.81. The highest BCUT2D eigenvalue weighted by Gasteiger charge is 2.07. The second-order valence-corrected chi connectivity index (χ2v) is 3.62. The normalized spacial score (nSPS) is 9.11. The van der Waals surface area contributed by atoms with Gasteiger partial charge in [0, 0.05) is 12.1 Å². The van der Waals surface area contributed by atoms with Gasteiger partial charge in [-0.05, 0) is 11.6 Å². The number of hydrogen-bond acceptors (Lipinski definition) is 4. The van der Waals surface area contributed by atoms with Gasteiger partial charge in [-0.15, -0.1) is 0 Å². The third-order valence-electron chi connectivity index (χ3n) is 2.33. The highest BCUT2D eigenvalue weighted by molar-refractivity contribution is 5.41. The molecule has 0 radical (unpaired) electrons. The van der Waals surface area contributed by atoms with E-state index in [-0.39, 0.29) is 13.1 Å². The molecule has 1 rings (SSSR count). The minimum absolute atomic E-state index is 0.228. The summed E-state index contributed by atoms with van der Waals surface area (Å²) >= 11 is 0. The Morgan fingerprint density at radius 1 is 1.11 bits per heavy atom. The number of hydrogen-bond donors (Lipinski definition) is 1. The van der Waals surface area contributed by atoms with Crippen LogP contribution in [0.2, 0.25) is 0 Å². The molecule has 0 aliphatic carbocycles. The molecule has 2 N–H and O–H groups in total. The minimum Gasteiger partial charge on any atom is -0.320 e. The first-order valence-electron chi connectivity index (χ1n) is 5.55. The number of benzene rings is 1. The van der Waals surface area contributed by atoms with Crippen LogP contribution in [0.25, 0.3) is 0 Å². The Labute approximate surface area is 107 Å². The molecule has 0 saturated carbocycles. The van der Waals surface area contributed by atoms with E-state index in [1.54, 1.807) is 4.90 Å². The van der Waals surface area contributed by atoms with E-state index in [9.17, 15) is 0 Å². The summed E-state index contributed by atoms with van der Waals surface area (Å²) in [6.07, 6.45) is 0. The fourth-order valence-electron chi connectivity index (χ4n) is 1.53. The van der Waals surface area contributed by atoms with Crippen LogP contribution in [0.4, 0.5) is 0 Å². The molecule has 0 aliphatic rings. The van der Waals surface area contributed by atoms with E-state index in [0.29, 0.717) is 13.1 Å². The van der Waals surface area contributed by atoms with Gasteiger partial charge >= 0.3 is 0 Å². The summed E-state index contributed by atoms with van der Waals surface area (Å²) < 4.78 is 0. The van der Waals surface area contributed by atoms with Crippen LogP contribution in [-0.4, -0.2) is 24.5 Å². The Bertz CT molecular complexity index is 509. The Hall–Kier alpha value is -2.32. The molecule has 4 heteroatoms. The first-order chi connectivity index (χ1) is 8.81. The van der Waals surface area contributed by atoms with Gasteiger partial charge in [-0.25, -0.2) is 0 Å². The minimum atomic E-state index is 0.228.